The zero-order chi connectivity index (χ0) is 12.8. The van der Waals surface area contributed by atoms with E-state index in [2.05, 4.69) is 0 Å². The van der Waals surface area contributed by atoms with Gasteiger partial charge in [0, 0.05) is 18.7 Å². The van der Waals surface area contributed by atoms with Crippen LogP contribution in [-0.2, 0) is 4.79 Å². The summed E-state index contributed by atoms with van der Waals surface area (Å²) in [6, 6.07) is 8.02. The topological polar surface area (TPSA) is 46.3 Å². The molecule has 2 N–H and O–H groups in total. The maximum Gasteiger partial charge on any atom is 0.227 e. The number of hydrogen-bond donors (Lipinski definition) is 1. The first-order chi connectivity index (χ1) is 8.08. The fourth-order valence-electron chi connectivity index (χ4n) is 1.79. The Hall–Kier alpha value is -1.35. The predicted octanol–water partition coefficient (Wildman–Crippen LogP) is 2.33. The molecule has 3 nitrogen and oxygen atoms in total. The summed E-state index contributed by atoms with van der Waals surface area (Å²) in [7, 11) is 0. The second-order valence-corrected chi connectivity index (χ2v) is 4.52. The van der Waals surface area contributed by atoms with Crippen LogP contribution in [0.1, 0.15) is 25.8 Å². The van der Waals surface area contributed by atoms with E-state index in [1.54, 1.807) is 0 Å². The van der Waals surface area contributed by atoms with Crippen LogP contribution in [0.25, 0.3) is 0 Å². The zero-order valence-corrected chi connectivity index (χ0v) is 10.9. The zero-order valence-electron chi connectivity index (χ0n) is 10.9. The van der Waals surface area contributed by atoms with E-state index in [1.165, 1.54) is 5.56 Å². The largest absolute Gasteiger partial charge is 0.330 e. The lowest BCUT2D eigenvalue weighted by molar-refractivity contribution is -0.119. The van der Waals surface area contributed by atoms with Gasteiger partial charge in [-0.05, 0) is 44.0 Å². The van der Waals surface area contributed by atoms with Crippen LogP contribution >= 0.6 is 0 Å². The van der Waals surface area contributed by atoms with E-state index >= 15 is 0 Å². The van der Waals surface area contributed by atoms with Crippen molar-refractivity contribution in [2.24, 2.45) is 11.7 Å². The second-order valence-electron chi connectivity index (χ2n) is 4.52. The van der Waals surface area contributed by atoms with Crippen LogP contribution in [0.15, 0.2) is 24.3 Å². The van der Waals surface area contributed by atoms with Gasteiger partial charge in [-0.2, -0.15) is 0 Å². The van der Waals surface area contributed by atoms with Crippen molar-refractivity contribution in [1.29, 1.82) is 0 Å². The molecule has 17 heavy (non-hydrogen) atoms. The summed E-state index contributed by atoms with van der Waals surface area (Å²) in [6.45, 7) is 7.27. The van der Waals surface area contributed by atoms with Crippen molar-refractivity contribution >= 4 is 11.6 Å². The number of hydrogen-bond acceptors (Lipinski definition) is 2. The Kier molecular flexibility index (Phi) is 5.16. The van der Waals surface area contributed by atoms with E-state index < -0.39 is 0 Å². The summed E-state index contributed by atoms with van der Waals surface area (Å²) in [4.78, 5) is 13.9. The summed E-state index contributed by atoms with van der Waals surface area (Å²) in [6.07, 6.45) is 0.512. The van der Waals surface area contributed by atoms with Crippen molar-refractivity contribution in [2.75, 3.05) is 18.0 Å². The molecule has 1 unspecified atom stereocenters. The smallest absolute Gasteiger partial charge is 0.227 e. The van der Waals surface area contributed by atoms with E-state index in [9.17, 15) is 4.79 Å². The Labute approximate surface area is 104 Å². The first-order valence-electron chi connectivity index (χ1n) is 6.15. The monoisotopic (exact) mass is 234 g/mol. The number of rotatable bonds is 5. The van der Waals surface area contributed by atoms with Crippen molar-refractivity contribution < 1.29 is 4.79 Å². The lowest BCUT2D eigenvalue weighted by atomic mass is 10.1. The molecule has 0 aliphatic heterocycles. The van der Waals surface area contributed by atoms with E-state index in [0.29, 0.717) is 19.5 Å². The highest BCUT2D eigenvalue weighted by Crippen LogP contribution is 2.17. The molecular weight excluding hydrogens is 212 g/mol. The lowest BCUT2D eigenvalue weighted by Crippen LogP contribution is -2.32. The van der Waals surface area contributed by atoms with Gasteiger partial charge in [0.05, 0.1) is 0 Å². The maximum absolute atomic E-state index is 12.1. The summed E-state index contributed by atoms with van der Waals surface area (Å²) in [5.74, 6) is 0.386. The van der Waals surface area contributed by atoms with Crippen LogP contribution in [0.5, 0.6) is 0 Å². The molecule has 0 bridgehead atoms. The van der Waals surface area contributed by atoms with Gasteiger partial charge in [-0.1, -0.05) is 19.1 Å². The van der Waals surface area contributed by atoms with Crippen LogP contribution in [-0.4, -0.2) is 19.0 Å². The molecule has 0 aliphatic rings. The number of carbonyl (C=O) groups excluding carboxylic acids is 1. The standard InChI is InChI=1S/C14H22N2O/c1-4-16(14(17)9-12(3)10-15)13-7-5-6-11(2)8-13/h5-8,12H,4,9-10,15H2,1-3H3. The molecule has 0 spiro atoms. The molecular formula is C14H22N2O. The normalized spacial score (nSPS) is 12.2. The Balaban J connectivity index is 2.81. The molecule has 0 saturated carbocycles. The molecule has 1 atom stereocenters. The molecule has 0 fully saturated rings. The number of amides is 1. The number of nitrogens with two attached hydrogens (primary N) is 1. The van der Waals surface area contributed by atoms with Gasteiger partial charge in [0.1, 0.15) is 0 Å². The minimum Gasteiger partial charge on any atom is -0.330 e. The molecule has 1 aromatic rings. The first kappa shape index (κ1) is 13.7. The Morgan fingerprint density at radius 1 is 1.47 bits per heavy atom. The van der Waals surface area contributed by atoms with Gasteiger partial charge in [-0.3, -0.25) is 4.79 Å². The van der Waals surface area contributed by atoms with Gasteiger partial charge in [0.2, 0.25) is 5.91 Å². The molecule has 3 heteroatoms. The van der Waals surface area contributed by atoms with Crippen molar-refractivity contribution in [3.63, 3.8) is 0 Å². The van der Waals surface area contributed by atoms with Gasteiger partial charge in [0.25, 0.3) is 0 Å². The average Bonchev–Trinajstić information content (AvgIpc) is 2.30. The van der Waals surface area contributed by atoms with Crippen LogP contribution in [0, 0.1) is 12.8 Å². The van der Waals surface area contributed by atoms with Crippen molar-refractivity contribution in [1.82, 2.24) is 0 Å². The summed E-state index contributed by atoms with van der Waals surface area (Å²) < 4.78 is 0. The molecule has 1 amide bonds. The van der Waals surface area contributed by atoms with Gasteiger partial charge in [-0.15, -0.1) is 0 Å². The molecule has 0 aromatic heterocycles. The van der Waals surface area contributed by atoms with E-state index in [4.69, 9.17) is 5.73 Å². The molecule has 0 saturated heterocycles. The average molecular weight is 234 g/mol. The summed E-state index contributed by atoms with van der Waals surface area (Å²) >= 11 is 0. The number of carbonyl (C=O) groups is 1. The molecule has 1 rings (SSSR count). The number of aryl methyl sites for hydroxylation is 1. The minimum absolute atomic E-state index is 0.149. The van der Waals surface area contributed by atoms with Crippen LogP contribution in [0.4, 0.5) is 5.69 Å². The van der Waals surface area contributed by atoms with Gasteiger partial charge in [0.15, 0.2) is 0 Å². The van der Waals surface area contributed by atoms with E-state index in [-0.39, 0.29) is 11.8 Å². The number of benzene rings is 1. The quantitative estimate of drug-likeness (QED) is 0.850. The molecule has 0 aliphatic carbocycles. The third-order valence-corrected chi connectivity index (χ3v) is 2.86. The number of anilines is 1. The number of nitrogens with zero attached hydrogens (tertiary/aromatic N) is 1. The minimum atomic E-state index is 0.149. The summed E-state index contributed by atoms with van der Waals surface area (Å²) in [5.41, 5.74) is 7.70. The highest BCUT2D eigenvalue weighted by atomic mass is 16.2. The third kappa shape index (κ3) is 3.86. The Morgan fingerprint density at radius 3 is 2.71 bits per heavy atom. The molecule has 0 heterocycles. The van der Waals surface area contributed by atoms with Gasteiger partial charge in [-0.25, -0.2) is 0 Å². The van der Waals surface area contributed by atoms with E-state index in [0.717, 1.165) is 5.69 Å². The first-order valence-corrected chi connectivity index (χ1v) is 6.15. The van der Waals surface area contributed by atoms with Crippen molar-refractivity contribution in [3.05, 3.63) is 29.8 Å². The highest BCUT2D eigenvalue weighted by molar-refractivity contribution is 5.93. The molecule has 94 valence electrons. The van der Waals surface area contributed by atoms with E-state index in [1.807, 2.05) is 49.9 Å². The highest BCUT2D eigenvalue weighted by Gasteiger charge is 2.16. The van der Waals surface area contributed by atoms with Crippen molar-refractivity contribution in [2.45, 2.75) is 27.2 Å². The van der Waals surface area contributed by atoms with Crippen LogP contribution in [0.3, 0.4) is 0 Å². The van der Waals surface area contributed by atoms with Crippen molar-refractivity contribution in [3.8, 4) is 0 Å². The van der Waals surface area contributed by atoms with Crippen LogP contribution in [0.2, 0.25) is 0 Å². The van der Waals surface area contributed by atoms with Crippen LogP contribution < -0.4 is 10.6 Å². The summed E-state index contributed by atoms with van der Waals surface area (Å²) in [5, 5.41) is 0. The SMILES string of the molecule is CCN(C(=O)CC(C)CN)c1cccc(C)c1. The third-order valence-electron chi connectivity index (χ3n) is 2.86. The van der Waals surface area contributed by atoms with Gasteiger partial charge < -0.3 is 10.6 Å². The fourth-order valence-corrected chi connectivity index (χ4v) is 1.79. The molecule has 0 radical (unpaired) electrons. The Bertz CT molecular complexity index is 376. The van der Waals surface area contributed by atoms with Gasteiger partial charge >= 0.3 is 0 Å². The molecule has 1 aromatic carbocycles. The fraction of sp³-hybridized carbons (Fsp3) is 0.500. The Morgan fingerprint density at radius 2 is 2.18 bits per heavy atom. The predicted molar refractivity (Wildman–Crippen MR) is 72.0 cm³/mol. The second kappa shape index (κ2) is 6.40. The maximum atomic E-state index is 12.1. The lowest BCUT2D eigenvalue weighted by Gasteiger charge is -2.23.